The molecule has 2 aromatic carbocycles. The Morgan fingerprint density at radius 1 is 1.15 bits per heavy atom. The van der Waals surface area contributed by atoms with Crippen LogP contribution < -0.4 is 0 Å². The molecule has 0 amide bonds. The molecule has 1 aromatic heterocycles. The summed E-state index contributed by atoms with van der Waals surface area (Å²) in [6, 6.07) is 14.4. The number of aromatic nitrogens is 1. The maximum Gasteiger partial charge on any atom is 0.196 e. The van der Waals surface area contributed by atoms with Crippen molar-refractivity contribution in [1.82, 2.24) is 4.98 Å². The number of fused-ring (bicyclic) bond motifs is 1. The van der Waals surface area contributed by atoms with Crippen molar-refractivity contribution in [3.05, 3.63) is 65.0 Å². The lowest BCUT2D eigenvalue weighted by molar-refractivity contribution is 0.527. The van der Waals surface area contributed by atoms with E-state index in [-0.39, 0.29) is 4.83 Å². The zero-order chi connectivity index (χ0) is 14.1. The van der Waals surface area contributed by atoms with Crippen molar-refractivity contribution in [2.45, 2.75) is 25.1 Å². The van der Waals surface area contributed by atoms with Crippen molar-refractivity contribution < 1.29 is 4.42 Å². The van der Waals surface area contributed by atoms with Gasteiger partial charge in [-0.25, -0.2) is 4.98 Å². The normalized spacial score (nSPS) is 12.8. The molecule has 0 aliphatic rings. The van der Waals surface area contributed by atoms with Crippen molar-refractivity contribution >= 4 is 27.0 Å². The third kappa shape index (κ3) is 2.63. The van der Waals surface area contributed by atoms with Gasteiger partial charge in [0.25, 0.3) is 0 Å². The lowest BCUT2D eigenvalue weighted by Gasteiger charge is -2.12. The van der Waals surface area contributed by atoms with E-state index >= 15 is 0 Å². The molecule has 0 spiro atoms. The van der Waals surface area contributed by atoms with Crippen molar-refractivity contribution in [1.29, 1.82) is 0 Å². The smallest absolute Gasteiger partial charge is 0.196 e. The Morgan fingerprint density at radius 2 is 1.95 bits per heavy atom. The van der Waals surface area contributed by atoms with E-state index in [1.807, 2.05) is 24.3 Å². The van der Waals surface area contributed by atoms with E-state index in [0.717, 1.165) is 23.4 Å². The van der Waals surface area contributed by atoms with Gasteiger partial charge in [0, 0.05) is 11.2 Å². The molecule has 3 heteroatoms. The third-order valence-corrected chi connectivity index (χ3v) is 4.28. The van der Waals surface area contributed by atoms with E-state index in [1.165, 1.54) is 16.7 Å². The average molecular weight is 330 g/mol. The first-order chi connectivity index (χ1) is 9.63. The highest BCUT2D eigenvalue weighted by Gasteiger charge is 2.15. The predicted octanol–water partition coefficient (Wildman–Crippen LogP) is 5.12. The van der Waals surface area contributed by atoms with Gasteiger partial charge in [-0.1, -0.05) is 51.8 Å². The summed E-state index contributed by atoms with van der Waals surface area (Å²) in [5.74, 6) is 0.772. The number of halogens is 1. The van der Waals surface area contributed by atoms with Crippen LogP contribution in [0.4, 0.5) is 0 Å². The minimum Gasteiger partial charge on any atom is -0.441 e. The number of para-hydroxylation sites is 2. The number of aryl methyl sites for hydroxylation is 2. The van der Waals surface area contributed by atoms with Gasteiger partial charge >= 0.3 is 0 Å². The van der Waals surface area contributed by atoms with E-state index in [1.54, 1.807) is 0 Å². The number of benzene rings is 2. The second kappa shape index (κ2) is 5.41. The first-order valence-electron chi connectivity index (χ1n) is 6.69. The fourth-order valence-corrected chi connectivity index (χ4v) is 3.14. The van der Waals surface area contributed by atoms with Gasteiger partial charge in [0.05, 0.1) is 0 Å². The summed E-state index contributed by atoms with van der Waals surface area (Å²) in [5.41, 5.74) is 5.62. The number of oxazole rings is 1. The third-order valence-electron chi connectivity index (χ3n) is 3.46. The molecule has 2 nitrogen and oxygen atoms in total. The predicted molar refractivity (Wildman–Crippen MR) is 85.3 cm³/mol. The number of nitrogens with zero attached hydrogens (tertiary/aromatic N) is 1. The minimum atomic E-state index is 0.218. The first kappa shape index (κ1) is 13.4. The van der Waals surface area contributed by atoms with Gasteiger partial charge in [0.1, 0.15) is 5.52 Å². The first-order valence-corrected chi connectivity index (χ1v) is 7.61. The highest BCUT2D eigenvalue weighted by molar-refractivity contribution is 9.09. The zero-order valence-corrected chi connectivity index (χ0v) is 13.1. The molecule has 1 atom stereocenters. The van der Waals surface area contributed by atoms with Crippen LogP contribution in [-0.2, 0) is 6.42 Å². The van der Waals surface area contributed by atoms with Crippen LogP contribution in [0.5, 0.6) is 0 Å². The SMILES string of the molecule is Cc1ccc(C)c(C(Br)Cc2nc3ccccc3o2)c1. The van der Waals surface area contributed by atoms with Crippen LogP contribution in [0.3, 0.4) is 0 Å². The van der Waals surface area contributed by atoms with Crippen LogP contribution in [0.25, 0.3) is 11.1 Å². The van der Waals surface area contributed by atoms with Crippen molar-refractivity contribution in [3.63, 3.8) is 0 Å². The molecule has 0 bridgehead atoms. The van der Waals surface area contributed by atoms with Gasteiger partial charge in [-0.3, -0.25) is 0 Å². The summed E-state index contributed by atoms with van der Waals surface area (Å²) in [6.45, 7) is 4.25. The fraction of sp³-hybridized carbons (Fsp3) is 0.235. The van der Waals surface area contributed by atoms with Crippen LogP contribution >= 0.6 is 15.9 Å². The van der Waals surface area contributed by atoms with Gasteiger partial charge in [0.15, 0.2) is 11.5 Å². The van der Waals surface area contributed by atoms with Gasteiger partial charge in [0.2, 0.25) is 0 Å². The molecule has 0 N–H and O–H groups in total. The van der Waals surface area contributed by atoms with Crippen LogP contribution in [0.2, 0.25) is 0 Å². The van der Waals surface area contributed by atoms with E-state index < -0.39 is 0 Å². The molecular weight excluding hydrogens is 314 g/mol. The lowest BCUT2D eigenvalue weighted by atomic mass is 10.0. The summed E-state index contributed by atoms with van der Waals surface area (Å²) >= 11 is 3.76. The number of rotatable bonds is 3. The largest absolute Gasteiger partial charge is 0.441 e. The van der Waals surface area contributed by atoms with Crippen LogP contribution in [-0.4, -0.2) is 4.98 Å². The molecule has 3 aromatic rings. The van der Waals surface area contributed by atoms with E-state index in [4.69, 9.17) is 4.42 Å². The van der Waals surface area contributed by atoms with Gasteiger partial charge in [-0.05, 0) is 37.1 Å². The quantitative estimate of drug-likeness (QED) is 0.623. The Morgan fingerprint density at radius 3 is 2.75 bits per heavy atom. The number of alkyl halides is 1. The van der Waals surface area contributed by atoms with Crippen molar-refractivity contribution in [2.24, 2.45) is 0 Å². The molecule has 0 aliphatic heterocycles. The van der Waals surface area contributed by atoms with Crippen molar-refractivity contribution in [3.8, 4) is 0 Å². The van der Waals surface area contributed by atoms with Crippen LogP contribution in [0.1, 0.15) is 27.4 Å². The molecule has 0 radical (unpaired) electrons. The standard InChI is InChI=1S/C17H16BrNO/c1-11-7-8-12(2)13(9-11)14(18)10-17-19-15-5-3-4-6-16(15)20-17/h3-9,14H,10H2,1-2H3. The molecular formula is C17H16BrNO. The maximum atomic E-state index is 5.79. The van der Waals surface area contributed by atoms with Gasteiger partial charge < -0.3 is 4.42 Å². The summed E-state index contributed by atoms with van der Waals surface area (Å²) in [4.78, 5) is 4.75. The zero-order valence-electron chi connectivity index (χ0n) is 11.6. The van der Waals surface area contributed by atoms with Crippen LogP contribution in [0, 0.1) is 13.8 Å². The molecule has 102 valence electrons. The molecule has 0 saturated carbocycles. The molecule has 1 unspecified atom stereocenters. The molecule has 0 saturated heterocycles. The van der Waals surface area contributed by atoms with Crippen molar-refractivity contribution in [2.75, 3.05) is 0 Å². The molecule has 0 fully saturated rings. The monoisotopic (exact) mass is 329 g/mol. The van der Waals surface area contributed by atoms with E-state index in [0.29, 0.717) is 0 Å². The number of hydrogen-bond donors (Lipinski definition) is 0. The molecule has 20 heavy (non-hydrogen) atoms. The molecule has 3 rings (SSSR count). The highest BCUT2D eigenvalue weighted by Crippen LogP contribution is 2.30. The Labute approximate surface area is 127 Å². The van der Waals surface area contributed by atoms with Gasteiger partial charge in [-0.15, -0.1) is 0 Å². The Hall–Kier alpha value is -1.61. The topological polar surface area (TPSA) is 26.0 Å². The Bertz CT molecular complexity index is 715. The number of hydrogen-bond acceptors (Lipinski definition) is 2. The molecule has 0 aliphatic carbocycles. The summed E-state index contributed by atoms with van der Waals surface area (Å²) < 4.78 is 5.79. The highest BCUT2D eigenvalue weighted by atomic mass is 79.9. The van der Waals surface area contributed by atoms with Gasteiger partial charge in [-0.2, -0.15) is 0 Å². The van der Waals surface area contributed by atoms with Crippen LogP contribution in [0.15, 0.2) is 46.9 Å². The summed E-state index contributed by atoms with van der Waals surface area (Å²) in [5, 5.41) is 0. The summed E-state index contributed by atoms with van der Waals surface area (Å²) in [7, 11) is 0. The lowest BCUT2D eigenvalue weighted by Crippen LogP contribution is -1.98. The second-order valence-corrected chi connectivity index (χ2v) is 6.21. The maximum absolute atomic E-state index is 5.79. The fourth-order valence-electron chi connectivity index (χ4n) is 2.37. The van der Waals surface area contributed by atoms with E-state index in [9.17, 15) is 0 Å². The molecule has 1 heterocycles. The second-order valence-electron chi connectivity index (χ2n) is 5.11. The minimum absolute atomic E-state index is 0.218. The Balaban J connectivity index is 1.88. The average Bonchev–Trinajstić information content (AvgIpc) is 2.83. The summed E-state index contributed by atoms with van der Waals surface area (Å²) in [6.07, 6.45) is 0.749. The van der Waals surface area contributed by atoms with E-state index in [2.05, 4.69) is 53.0 Å². The Kier molecular flexibility index (Phi) is 3.62.